The fourth-order valence-corrected chi connectivity index (χ4v) is 2.96. The Morgan fingerprint density at radius 3 is 2.31 bits per heavy atom. The second kappa shape index (κ2) is 9.50. The summed E-state index contributed by atoms with van der Waals surface area (Å²) in [5.74, 6) is 0.0819. The molecule has 6 heteroatoms. The SMILES string of the molecule is CCc1ccccc1NC(=O)c1cncc(C(=O)NCc2ccccc2OC)c1. The lowest BCUT2D eigenvalue weighted by Gasteiger charge is -2.11. The van der Waals surface area contributed by atoms with Crippen LogP contribution in [0.1, 0.15) is 38.8 Å². The van der Waals surface area contributed by atoms with E-state index in [1.165, 1.54) is 18.5 Å². The van der Waals surface area contributed by atoms with E-state index >= 15 is 0 Å². The highest BCUT2D eigenvalue weighted by atomic mass is 16.5. The summed E-state index contributed by atoms with van der Waals surface area (Å²) >= 11 is 0. The number of methoxy groups -OCH3 is 1. The number of anilines is 1. The highest BCUT2D eigenvalue weighted by Crippen LogP contribution is 2.18. The lowest BCUT2D eigenvalue weighted by molar-refractivity contribution is 0.0950. The van der Waals surface area contributed by atoms with Crippen LogP contribution in [0.3, 0.4) is 0 Å². The third kappa shape index (κ3) is 4.99. The molecule has 1 aromatic heterocycles. The van der Waals surface area contributed by atoms with Crippen LogP contribution in [0, 0.1) is 0 Å². The van der Waals surface area contributed by atoms with Gasteiger partial charge in [-0.2, -0.15) is 0 Å². The van der Waals surface area contributed by atoms with Crippen molar-refractivity contribution in [3.63, 3.8) is 0 Å². The molecule has 2 N–H and O–H groups in total. The van der Waals surface area contributed by atoms with Crippen molar-refractivity contribution in [2.75, 3.05) is 12.4 Å². The predicted molar refractivity (Wildman–Crippen MR) is 112 cm³/mol. The molecule has 0 saturated heterocycles. The van der Waals surface area contributed by atoms with Gasteiger partial charge < -0.3 is 15.4 Å². The molecule has 29 heavy (non-hydrogen) atoms. The zero-order valence-corrected chi connectivity index (χ0v) is 16.4. The van der Waals surface area contributed by atoms with Crippen LogP contribution in [-0.2, 0) is 13.0 Å². The highest BCUT2D eigenvalue weighted by molar-refractivity contribution is 6.06. The molecule has 0 atom stereocenters. The van der Waals surface area contributed by atoms with E-state index < -0.39 is 0 Å². The standard InChI is InChI=1S/C23H23N3O3/c1-3-16-8-4-6-10-20(16)26-23(28)19-12-18(13-24-14-19)22(27)25-15-17-9-5-7-11-21(17)29-2/h4-14H,3,15H2,1-2H3,(H,25,27)(H,26,28). The number of ether oxygens (including phenoxy) is 1. The number of nitrogens with one attached hydrogen (secondary N) is 2. The number of para-hydroxylation sites is 2. The van der Waals surface area contributed by atoms with Gasteiger partial charge in [-0.25, -0.2) is 0 Å². The predicted octanol–water partition coefficient (Wildman–Crippen LogP) is 3.83. The second-order valence-corrected chi connectivity index (χ2v) is 6.42. The topological polar surface area (TPSA) is 80.3 Å². The Balaban J connectivity index is 1.70. The van der Waals surface area contributed by atoms with E-state index in [2.05, 4.69) is 15.6 Å². The summed E-state index contributed by atoms with van der Waals surface area (Å²) in [4.78, 5) is 29.2. The minimum absolute atomic E-state index is 0.308. The summed E-state index contributed by atoms with van der Waals surface area (Å²) in [6.07, 6.45) is 3.69. The van der Waals surface area contributed by atoms with E-state index in [0.29, 0.717) is 23.4 Å². The van der Waals surface area contributed by atoms with Gasteiger partial charge in [-0.15, -0.1) is 0 Å². The molecule has 0 fully saturated rings. The van der Waals surface area contributed by atoms with E-state index in [9.17, 15) is 9.59 Å². The van der Waals surface area contributed by atoms with Gasteiger partial charge in [0.2, 0.25) is 0 Å². The molecule has 2 amide bonds. The molecule has 0 aliphatic carbocycles. The number of hydrogen-bond donors (Lipinski definition) is 2. The maximum atomic E-state index is 12.6. The number of aromatic nitrogens is 1. The first kappa shape index (κ1) is 20.1. The lowest BCUT2D eigenvalue weighted by atomic mass is 10.1. The zero-order chi connectivity index (χ0) is 20.6. The number of nitrogens with zero attached hydrogens (tertiary/aromatic N) is 1. The van der Waals surface area contributed by atoms with Crippen LogP contribution in [0.2, 0.25) is 0 Å². The Bertz CT molecular complexity index is 1020. The molecule has 0 radical (unpaired) electrons. The summed E-state index contributed by atoms with van der Waals surface area (Å²) in [6, 6.07) is 16.6. The van der Waals surface area contributed by atoms with Gasteiger partial charge in [-0.3, -0.25) is 14.6 Å². The zero-order valence-electron chi connectivity index (χ0n) is 16.4. The van der Waals surface area contributed by atoms with Gasteiger partial charge >= 0.3 is 0 Å². The molecule has 148 valence electrons. The summed E-state index contributed by atoms with van der Waals surface area (Å²) in [5, 5.41) is 5.72. The molecule has 1 heterocycles. The number of aryl methyl sites for hydroxylation is 1. The maximum Gasteiger partial charge on any atom is 0.257 e. The minimum atomic E-state index is -0.313. The largest absolute Gasteiger partial charge is 0.496 e. The first-order chi connectivity index (χ1) is 14.1. The molecular formula is C23H23N3O3. The smallest absolute Gasteiger partial charge is 0.257 e. The molecule has 6 nitrogen and oxygen atoms in total. The van der Waals surface area contributed by atoms with Crippen LogP contribution in [-0.4, -0.2) is 23.9 Å². The Morgan fingerprint density at radius 2 is 1.59 bits per heavy atom. The molecule has 0 aliphatic rings. The summed E-state index contributed by atoms with van der Waals surface area (Å²) in [6.45, 7) is 2.34. The fraction of sp³-hybridized carbons (Fsp3) is 0.174. The van der Waals surface area contributed by atoms with Crippen molar-refractivity contribution in [1.82, 2.24) is 10.3 Å². The number of benzene rings is 2. The number of rotatable bonds is 7. The number of hydrogen-bond acceptors (Lipinski definition) is 4. The molecule has 3 aromatic rings. The average molecular weight is 389 g/mol. The molecule has 0 unspecified atom stereocenters. The van der Waals surface area contributed by atoms with Crippen molar-refractivity contribution in [2.45, 2.75) is 19.9 Å². The van der Waals surface area contributed by atoms with Crippen molar-refractivity contribution in [1.29, 1.82) is 0 Å². The van der Waals surface area contributed by atoms with E-state index in [0.717, 1.165) is 23.2 Å². The van der Waals surface area contributed by atoms with Gasteiger partial charge in [0.05, 0.1) is 18.2 Å². The molecule has 0 spiro atoms. The van der Waals surface area contributed by atoms with Crippen LogP contribution in [0.5, 0.6) is 5.75 Å². The Hall–Kier alpha value is -3.67. The first-order valence-corrected chi connectivity index (χ1v) is 9.36. The summed E-state index contributed by atoms with van der Waals surface area (Å²) in [5.41, 5.74) is 3.30. The van der Waals surface area contributed by atoms with Gasteiger partial charge in [0.25, 0.3) is 11.8 Å². The molecular weight excluding hydrogens is 366 g/mol. The molecule has 3 rings (SSSR count). The van der Waals surface area contributed by atoms with Crippen molar-refractivity contribution >= 4 is 17.5 Å². The number of carbonyl (C=O) groups excluding carboxylic acids is 2. The Labute approximate surface area is 169 Å². The molecule has 0 aliphatic heterocycles. The van der Waals surface area contributed by atoms with Crippen LogP contribution < -0.4 is 15.4 Å². The van der Waals surface area contributed by atoms with Crippen molar-refractivity contribution < 1.29 is 14.3 Å². The van der Waals surface area contributed by atoms with Crippen LogP contribution in [0.25, 0.3) is 0 Å². The number of carbonyl (C=O) groups is 2. The van der Waals surface area contributed by atoms with Gasteiger partial charge in [-0.05, 0) is 30.2 Å². The average Bonchev–Trinajstić information content (AvgIpc) is 2.78. The normalized spacial score (nSPS) is 10.3. The van der Waals surface area contributed by atoms with Gasteiger partial charge in [0.15, 0.2) is 0 Å². The number of amides is 2. The van der Waals surface area contributed by atoms with E-state index in [4.69, 9.17) is 4.74 Å². The van der Waals surface area contributed by atoms with Gasteiger partial charge in [0.1, 0.15) is 5.75 Å². The lowest BCUT2D eigenvalue weighted by Crippen LogP contribution is -2.24. The quantitative estimate of drug-likeness (QED) is 0.643. The van der Waals surface area contributed by atoms with Gasteiger partial charge in [-0.1, -0.05) is 43.3 Å². The summed E-state index contributed by atoms with van der Waals surface area (Å²) < 4.78 is 5.29. The second-order valence-electron chi connectivity index (χ2n) is 6.42. The van der Waals surface area contributed by atoms with E-state index in [-0.39, 0.29) is 11.8 Å². The van der Waals surface area contributed by atoms with E-state index in [1.54, 1.807) is 7.11 Å². The van der Waals surface area contributed by atoms with Crippen LogP contribution in [0.15, 0.2) is 67.0 Å². The Morgan fingerprint density at radius 1 is 0.931 bits per heavy atom. The monoisotopic (exact) mass is 389 g/mol. The maximum absolute atomic E-state index is 12.6. The fourth-order valence-electron chi connectivity index (χ4n) is 2.96. The molecule has 0 bridgehead atoms. The van der Waals surface area contributed by atoms with Crippen LogP contribution in [0.4, 0.5) is 5.69 Å². The summed E-state index contributed by atoms with van der Waals surface area (Å²) in [7, 11) is 1.59. The third-order valence-corrected chi connectivity index (χ3v) is 4.54. The highest BCUT2D eigenvalue weighted by Gasteiger charge is 2.13. The minimum Gasteiger partial charge on any atom is -0.496 e. The van der Waals surface area contributed by atoms with Crippen LogP contribution >= 0.6 is 0 Å². The van der Waals surface area contributed by atoms with Gasteiger partial charge in [0, 0.05) is 30.2 Å². The van der Waals surface area contributed by atoms with Crippen molar-refractivity contribution in [3.05, 3.63) is 89.2 Å². The van der Waals surface area contributed by atoms with E-state index in [1.807, 2.05) is 55.5 Å². The molecule has 2 aromatic carbocycles. The van der Waals surface area contributed by atoms with Crippen molar-refractivity contribution in [2.24, 2.45) is 0 Å². The number of pyridine rings is 1. The first-order valence-electron chi connectivity index (χ1n) is 9.36. The Kier molecular flexibility index (Phi) is 6.58. The molecule has 0 saturated carbocycles. The van der Waals surface area contributed by atoms with Crippen molar-refractivity contribution in [3.8, 4) is 5.75 Å². The third-order valence-electron chi connectivity index (χ3n) is 4.54.